The van der Waals surface area contributed by atoms with Crippen molar-refractivity contribution in [2.45, 2.75) is 147 Å². The standard InChI is InChI=1S/C23H48O4S.K/c1-3-4-5-6-7-8-9-10-11-12-13-14-15-16-20-23(28(25,26)27)21-18-17-19-22(2)24;/h22-24H,3-21H2,1-2H3,(H,25,26,27);/q;+1/p-1. The summed E-state index contributed by atoms with van der Waals surface area (Å²) in [6, 6.07) is 0. The zero-order chi connectivity index (χ0) is 21.1. The van der Waals surface area contributed by atoms with Gasteiger partial charge in [0.15, 0.2) is 0 Å². The quantitative estimate of drug-likeness (QED) is 0.162. The molecule has 0 saturated carbocycles. The first-order valence-electron chi connectivity index (χ1n) is 12.0. The third-order valence-electron chi connectivity index (χ3n) is 5.69. The molecule has 0 saturated heterocycles. The molecule has 0 fully saturated rings. The number of aliphatic hydroxyl groups excluding tert-OH is 1. The number of hydrogen-bond donors (Lipinski definition) is 1. The molecule has 0 aromatic heterocycles. The first kappa shape index (κ1) is 32.7. The second kappa shape index (κ2) is 22.7. The van der Waals surface area contributed by atoms with Crippen molar-refractivity contribution in [3.63, 3.8) is 0 Å². The van der Waals surface area contributed by atoms with E-state index in [1.807, 2.05) is 0 Å². The summed E-state index contributed by atoms with van der Waals surface area (Å²) in [6.45, 7) is 3.99. The molecule has 0 rings (SSSR count). The molecular weight excluding hydrogens is 411 g/mol. The summed E-state index contributed by atoms with van der Waals surface area (Å²) < 4.78 is 34.3. The molecule has 0 amide bonds. The van der Waals surface area contributed by atoms with Crippen molar-refractivity contribution in [1.29, 1.82) is 0 Å². The van der Waals surface area contributed by atoms with Crippen LogP contribution in [0.4, 0.5) is 0 Å². The van der Waals surface area contributed by atoms with Gasteiger partial charge in [-0.15, -0.1) is 0 Å². The molecule has 0 aliphatic rings. The summed E-state index contributed by atoms with van der Waals surface area (Å²) in [4.78, 5) is 0. The van der Waals surface area contributed by atoms with Crippen molar-refractivity contribution in [1.82, 2.24) is 0 Å². The molecule has 0 bridgehead atoms. The smallest absolute Gasteiger partial charge is 0.748 e. The molecule has 0 aliphatic heterocycles. The summed E-state index contributed by atoms with van der Waals surface area (Å²) in [7, 11) is -4.20. The Hall–Kier alpha value is 1.51. The van der Waals surface area contributed by atoms with Crippen LogP contribution in [0.3, 0.4) is 0 Å². The fourth-order valence-corrected chi connectivity index (χ4v) is 4.72. The van der Waals surface area contributed by atoms with E-state index >= 15 is 0 Å². The third kappa shape index (κ3) is 24.0. The molecule has 1 N–H and O–H groups in total. The Balaban J connectivity index is 0. The maximum Gasteiger partial charge on any atom is 1.00 e. The summed E-state index contributed by atoms with van der Waals surface area (Å²) >= 11 is 0. The van der Waals surface area contributed by atoms with E-state index in [2.05, 4.69) is 6.92 Å². The molecule has 29 heavy (non-hydrogen) atoms. The van der Waals surface area contributed by atoms with E-state index in [0.29, 0.717) is 25.7 Å². The van der Waals surface area contributed by atoms with E-state index in [4.69, 9.17) is 0 Å². The van der Waals surface area contributed by atoms with Gasteiger partial charge in [0, 0.05) is 5.25 Å². The van der Waals surface area contributed by atoms with E-state index in [-0.39, 0.29) is 57.5 Å². The molecule has 4 nitrogen and oxygen atoms in total. The molecule has 0 aliphatic carbocycles. The van der Waals surface area contributed by atoms with E-state index in [9.17, 15) is 18.1 Å². The zero-order valence-corrected chi connectivity index (χ0v) is 23.6. The number of aliphatic hydroxyl groups is 1. The van der Waals surface area contributed by atoms with Crippen LogP contribution in [-0.4, -0.2) is 29.4 Å². The van der Waals surface area contributed by atoms with Crippen LogP contribution in [0.5, 0.6) is 0 Å². The minimum atomic E-state index is -4.20. The third-order valence-corrected chi connectivity index (χ3v) is 6.97. The zero-order valence-electron chi connectivity index (χ0n) is 19.7. The van der Waals surface area contributed by atoms with Gasteiger partial charge in [-0.1, -0.05) is 110 Å². The Morgan fingerprint density at radius 3 is 1.31 bits per heavy atom. The van der Waals surface area contributed by atoms with Gasteiger partial charge < -0.3 is 9.66 Å². The van der Waals surface area contributed by atoms with Gasteiger partial charge in [-0.25, -0.2) is 8.42 Å². The van der Waals surface area contributed by atoms with Crippen molar-refractivity contribution in [2.75, 3.05) is 0 Å². The van der Waals surface area contributed by atoms with E-state index < -0.39 is 15.4 Å². The van der Waals surface area contributed by atoms with Crippen LogP contribution in [0.2, 0.25) is 0 Å². The van der Waals surface area contributed by atoms with Crippen LogP contribution in [-0.2, 0) is 10.1 Å². The number of rotatable bonds is 21. The predicted octanol–water partition coefficient (Wildman–Crippen LogP) is 3.72. The summed E-state index contributed by atoms with van der Waals surface area (Å²) in [5, 5.41) is 8.50. The molecule has 0 heterocycles. The number of unbranched alkanes of at least 4 members (excludes halogenated alkanes) is 14. The molecule has 170 valence electrons. The monoisotopic (exact) mass is 458 g/mol. The number of hydrogen-bond acceptors (Lipinski definition) is 4. The summed E-state index contributed by atoms with van der Waals surface area (Å²) in [5.41, 5.74) is 0. The largest absolute Gasteiger partial charge is 1.00 e. The SMILES string of the molecule is CCCCCCCCCCCCCCCCC(CCCCC(C)O)S(=O)(=O)[O-].[K+]. The second-order valence-electron chi connectivity index (χ2n) is 8.63. The van der Waals surface area contributed by atoms with Gasteiger partial charge >= 0.3 is 51.4 Å². The molecule has 0 aromatic rings. The molecule has 0 radical (unpaired) electrons. The first-order chi connectivity index (χ1) is 13.4. The van der Waals surface area contributed by atoms with E-state index in [1.165, 1.54) is 70.6 Å². The van der Waals surface area contributed by atoms with Crippen LogP contribution < -0.4 is 51.4 Å². The molecule has 2 unspecified atom stereocenters. The topological polar surface area (TPSA) is 77.4 Å². The Kier molecular flexibility index (Phi) is 25.6. The van der Waals surface area contributed by atoms with Gasteiger partial charge in [0.1, 0.15) is 0 Å². The molecule has 2 atom stereocenters. The average Bonchev–Trinajstić information content (AvgIpc) is 2.62. The predicted molar refractivity (Wildman–Crippen MR) is 119 cm³/mol. The van der Waals surface area contributed by atoms with Crippen molar-refractivity contribution < 1.29 is 69.5 Å². The maximum atomic E-state index is 11.4. The van der Waals surface area contributed by atoms with Gasteiger partial charge in [0.05, 0.1) is 16.2 Å². The minimum absolute atomic E-state index is 0. The Morgan fingerprint density at radius 2 is 0.966 bits per heavy atom. The van der Waals surface area contributed by atoms with Gasteiger partial charge in [0.2, 0.25) is 0 Å². The maximum absolute atomic E-state index is 11.4. The van der Waals surface area contributed by atoms with Gasteiger partial charge in [-0.05, 0) is 26.2 Å². The molecular formula is C23H47KO4S. The Labute approximate surface area is 224 Å². The van der Waals surface area contributed by atoms with Crippen molar-refractivity contribution in [2.24, 2.45) is 0 Å². The Bertz CT molecular complexity index is 427. The van der Waals surface area contributed by atoms with Crippen molar-refractivity contribution in [3.05, 3.63) is 0 Å². The molecule has 0 aromatic carbocycles. The normalized spacial score (nSPS) is 13.8. The first-order valence-corrected chi connectivity index (χ1v) is 13.5. The average molecular weight is 459 g/mol. The fourth-order valence-electron chi connectivity index (χ4n) is 3.81. The Morgan fingerprint density at radius 1 is 0.655 bits per heavy atom. The molecule has 6 heteroatoms. The van der Waals surface area contributed by atoms with Gasteiger partial charge in [-0.2, -0.15) is 0 Å². The van der Waals surface area contributed by atoms with Crippen LogP contribution in [0, 0.1) is 0 Å². The minimum Gasteiger partial charge on any atom is -0.748 e. The summed E-state index contributed by atoms with van der Waals surface area (Å²) in [5.74, 6) is 0. The van der Waals surface area contributed by atoms with Crippen LogP contribution in [0.25, 0.3) is 0 Å². The van der Waals surface area contributed by atoms with Crippen LogP contribution >= 0.6 is 0 Å². The van der Waals surface area contributed by atoms with Crippen molar-refractivity contribution in [3.8, 4) is 0 Å². The second-order valence-corrected chi connectivity index (χ2v) is 10.3. The summed E-state index contributed by atoms with van der Waals surface area (Å²) in [6.07, 6.45) is 20.5. The fraction of sp³-hybridized carbons (Fsp3) is 1.00. The van der Waals surface area contributed by atoms with Gasteiger partial charge in [0.25, 0.3) is 0 Å². The molecule has 0 spiro atoms. The van der Waals surface area contributed by atoms with Crippen LogP contribution in [0.15, 0.2) is 0 Å². The van der Waals surface area contributed by atoms with Crippen molar-refractivity contribution >= 4 is 10.1 Å². The van der Waals surface area contributed by atoms with Gasteiger partial charge in [-0.3, -0.25) is 0 Å². The van der Waals surface area contributed by atoms with Crippen LogP contribution in [0.1, 0.15) is 136 Å². The van der Waals surface area contributed by atoms with E-state index in [0.717, 1.165) is 25.7 Å². The van der Waals surface area contributed by atoms with E-state index in [1.54, 1.807) is 6.92 Å².